The summed E-state index contributed by atoms with van der Waals surface area (Å²) in [6.07, 6.45) is -0.0448. The van der Waals surface area contributed by atoms with Crippen molar-refractivity contribution in [2.75, 3.05) is 0 Å². The van der Waals surface area contributed by atoms with Gasteiger partial charge >= 0.3 is 5.97 Å². The van der Waals surface area contributed by atoms with Gasteiger partial charge in [0.1, 0.15) is 18.2 Å². The number of rotatable bonds is 5. The molecule has 0 atom stereocenters. The highest BCUT2D eigenvalue weighted by Gasteiger charge is 2.05. The first-order valence-electron chi connectivity index (χ1n) is 6.20. The molecule has 0 amide bonds. The molecule has 1 N–H and O–H groups in total. The van der Waals surface area contributed by atoms with Gasteiger partial charge in [0.05, 0.1) is 18.1 Å². The molecule has 0 spiro atoms. The molecule has 0 radical (unpaired) electrons. The van der Waals surface area contributed by atoms with Crippen molar-refractivity contribution in [2.45, 2.75) is 13.0 Å². The standard InChI is InChI=1S/C16H12FNO3/c17-14-4-3-12(13(8-14)9-18)10-21-15-5-1-11(2-6-15)7-16(19)20/h1-6,8H,7,10H2,(H,19,20). The van der Waals surface area contributed by atoms with Gasteiger partial charge in [0.2, 0.25) is 0 Å². The Labute approximate surface area is 121 Å². The number of benzene rings is 2. The van der Waals surface area contributed by atoms with Gasteiger partial charge < -0.3 is 9.84 Å². The molecular weight excluding hydrogens is 273 g/mol. The van der Waals surface area contributed by atoms with Gasteiger partial charge in [-0.3, -0.25) is 4.79 Å². The lowest BCUT2D eigenvalue weighted by molar-refractivity contribution is -0.136. The number of hydrogen-bond donors (Lipinski definition) is 1. The third-order valence-corrected chi connectivity index (χ3v) is 2.87. The van der Waals surface area contributed by atoms with Gasteiger partial charge in [0.25, 0.3) is 0 Å². The summed E-state index contributed by atoms with van der Waals surface area (Å²) in [7, 11) is 0. The van der Waals surface area contributed by atoms with E-state index in [0.717, 1.165) is 6.07 Å². The van der Waals surface area contributed by atoms with Gasteiger partial charge in [0, 0.05) is 5.56 Å². The average molecular weight is 285 g/mol. The van der Waals surface area contributed by atoms with Crippen LogP contribution >= 0.6 is 0 Å². The summed E-state index contributed by atoms with van der Waals surface area (Å²) in [5.41, 5.74) is 1.50. The summed E-state index contributed by atoms with van der Waals surface area (Å²) >= 11 is 0. The highest BCUT2D eigenvalue weighted by Crippen LogP contribution is 2.17. The Kier molecular flexibility index (Phi) is 4.52. The van der Waals surface area contributed by atoms with E-state index >= 15 is 0 Å². The normalized spacial score (nSPS) is 9.90. The second-order valence-corrected chi connectivity index (χ2v) is 4.42. The van der Waals surface area contributed by atoms with Crippen LogP contribution in [-0.2, 0) is 17.8 Å². The number of carbonyl (C=O) groups is 1. The van der Waals surface area contributed by atoms with E-state index in [1.807, 2.05) is 6.07 Å². The number of ether oxygens (including phenoxy) is 1. The Morgan fingerprint density at radius 2 is 1.95 bits per heavy atom. The zero-order valence-corrected chi connectivity index (χ0v) is 11.0. The molecule has 4 nitrogen and oxygen atoms in total. The highest BCUT2D eigenvalue weighted by molar-refractivity contribution is 5.70. The van der Waals surface area contributed by atoms with Gasteiger partial charge in [-0.05, 0) is 29.8 Å². The van der Waals surface area contributed by atoms with Crippen LogP contribution in [0.15, 0.2) is 42.5 Å². The topological polar surface area (TPSA) is 70.3 Å². The Balaban J connectivity index is 2.03. The van der Waals surface area contributed by atoms with E-state index in [1.54, 1.807) is 24.3 Å². The number of carboxylic acids is 1. The van der Waals surface area contributed by atoms with Crippen LogP contribution in [0.5, 0.6) is 5.75 Å². The van der Waals surface area contributed by atoms with E-state index < -0.39 is 11.8 Å². The van der Waals surface area contributed by atoms with Crippen LogP contribution in [0.1, 0.15) is 16.7 Å². The smallest absolute Gasteiger partial charge is 0.307 e. The predicted octanol–water partition coefficient (Wildman–Crippen LogP) is 2.90. The lowest BCUT2D eigenvalue weighted by Crippen LogP contribution is -2.01. The second kappa shape index (κ2) is 6.53. The molecule has 0 aliphatic heterocycles. The zero-order valence-electron chi connectivity index (χ0n) is 11.0. The number of hydrogen-bond acceptors (Lipinski definition) is 3. The molecule has 5 heteroatoms. The lowest BCUT2D eigenvalue weighted by atomic mass is 10.1. The quantitative estimate of drug-likeness (QED) is 0.917. The van der Waals surface area contributed by atoms with Crippen LogP contribution in [0.2, 0.25) is 0 Å². The monoisotopic (exact) mass is 285 g/mol. The first-order valence-corrected chi connectivity index (χ1v) is 6.20. The van der Waals surface area contributed by atoms with E-state index in [0.29, 0.717) is 16.9 Å². The van der Waals surface area contributed by atoms with E-state index in [2.05, 4.69) is 0 Å². The highest BCUT2D eigenvalue weighted by atomic mass is 19.1. The van der Waals surface area contributed by atoms with Gasteiger partial charge in [-0.1, -0.05) is 18.2 Å². The molecule has 2 aromatic rings. The number of aliphatic carboxylic acids is 1. The number of halogens is 1. The average Bonchev–Trinajstić information content (AvgIpc) is 2.46. The molecule has 2 rings (SSSR count). The van der Waals surface area contributed by atoms with Crippen LogP contribution in [0, 0.1) is 17.1 Å². The molecule has 0 saturated heterocycles. The first kappa shape index (κ1) is 14.5. The number of carboxylic acid groups (broad SMARTS) is 1. The Hall–Kier alpha value is -2.87. The number of nitriles is 1. The molecule has 2 aromatic carbocycles. The molecule has 0 saturated carbocycles. The molecule has 21 heavy (non-hydrogen) atoms. The van der Waals surface area contributed by atoms with Gasteiger partial charge in [-0.25, -0.2) is 4.39 Å². The van der Waals surface area contributed by atoms with Crippen LogP contribution in [0.3, 0.4) is 0 Å². The minimum absolute atomic E-state index is 0.0448. The Morgan fingerprint density at radius 1 is 1.24 bits per heavy atom. The molecule has 0 aliphatic rings. The van der Waals surface area contributed by atoms with E-state index in [4.69, 9.17) is 15.1 Å². The third kappa shape index (κ3) is 4.05. The molecule has 0 heterocycles. The fraction of sp³-hybridized carbons (Fsp3) is 0.125. The second-order valence-electron chi connectivity index (χ2n) is 4.42. The van der Waals surface area contributed by atoms with Crippen LogP contribution in [-0.4, -0.2) is 11.1 Å². The summed E-state index contributed by atoms with van der Waals surface area (Å²) in [6.45, 7) is 0.140. The molecule has 0 aromatic heterocycles. The van der Waals surface area contributed by atoms with Crippen LogP contribution in [0.4, 0.5) is 4.39 Å². The van der Waals surface area contributed by atoms with E-state index in [-0.39, 0.29) is 18.6 Å². The summed E-state index contributed by atoms with van der Waals surface area (Å²) in [4.78, 5) is 10.6. The summed E-state index contributed by atoms with van der Waals surface area (Å²) in [5, 5.41) is 17.6. The molecule has 0 aliphatic carbocycles. The largest absolute Gasteiger partial charge is 0.489 e. The van der Waals surface area contributed by atoms with Crippen LogP contribution < -0.4 is 4.74 Å². The fourth-order valence-electron chi connectivity index (χ4n) is 1.82. The minimum Gasteiger partial charge on any atom is -0.489 e. The molecule has 0 fully saturated rings. The minimum atomic E-state index is -0.895. The van der Waals surface area contributed by atoms with Crippen molar-refractivity contribution < 1.29 is 19.0 Å². The summed E-state index contributed by atoms with van der Waals surface area (Å²) in [6, 6.07) is 12.5. The Morgan fingerprint density at radius 3 is 2.57 bits per heavy atom. The van der Waals surface area contributed by atoms with E-state index in [9.17, 15) is 9.18 Å². The maximum atomic E-state index is 13.0. The van der Waals surface area contributed by atoms with Crippen molar-refractivity contribution >= 4 is 5.97 Å². The van der Waals surface area contributed by atoms with Crippen molar-refractivity contribution in [3.8, 4) is 11.8 Å². The van der Waals surface area contributed by atoms with E-state index in [1.165, 1.54) is 12.1 Å². The Bertz CT molecular complexity index is 690. The third-order valence-electron chi connectivity index (χ3n) is 2.87. The van der Waals surface area contributed by atoms with Crippen molar-refractivity contribution in [3.63, 3.8) is 0 Å². The summed E-state index contributed by atoms with van der Waals surface area (Å²) < 4.78 is 18.5. The van der Waals surface area contributed by atoms with Crippen molar-refractivity contribution in [1.29, 1.82) is 5.26 Å². The number of nitrogens with zero attached hydrogens (tertiary/aromatic N) is 1. The van der Waals surface area contributed by atoms with Gasteiger partial charge in [-0.15, -0.1) is 0 Å². The van der Waals surface area contributed by atoms with Crippen molar-refractivity contribution in [1.82, 2.24) is 0 Å². The first-order chi connectivity index (χ1) is 10.1. The van der Waals surface area contributed by atoms with Crippen molar-refractivity contribution in [3.05, 3.63) is 65.0 Å². The predicted molar refractivity (Wildman–Crippen MR) is 73.2 cm³/mol. The maximum absolute atomic E-state index is 13.0. The lowest BCUT2D eigenvalue weighted by Gasteiger charge is -2.08. The molecular formula is C16H12FNO3. The van der Waals surface area contributed by atoms with Crippen molar-refractivity contribution in [2.24, 2.45) is 0 Å². The SMILES string of the molecule is N#Cc1cc(F)ccc1COc1ccc(CC(=O)O)cc1. The fourth-order valence-corrected chi connectivity index (χ4v) is 1.82. The summed E-state index contributed by atoms with van der Waals surface area (Å²) in [5.74, 6) is -0.806. The maximum Gasteiger partial charge on any atom is 0.307 e. The molecule has 0 unspecified atom stereocenters. The van der Waals surface area contributed by atoms with Gasteiger partial charge in [0.15, 0.2) is 0 Å². The molecule has 106 valence electrons. The van der Waals surface area contributed by atoms with Crippen LogP contribution in [0.25, 0.3) is 0 Å². The molecule has 0 bridgehead atoms. The zero-order chi connectivity index (χ0) is 15.2. The van der Waals surface area contributed by atoms with Gasteiger partial charge in [-0.2, -0.15) is 5.26 Å².